The summed E-state index contributed by atoms with van der Waals surface area (Å²) in [5.41, 5.74) is 3.24. The third kappa shape index (κ3) is 4.63. The third-order valence-electron chi connectivity index (χ3n) is 4.92. The highest BCUT2D eigenvalue weighted by Gasteiger charge is 2.15. The zero-order chi connectivity index (χ0) is 22.7. The number of ketones is 1. The maximum Gasteiger partial charge on any atom is 0.266 e. The molecular formula is C25H21N3O3S. The Bertz CT molecular complexity index is 1380. The number of nitrogens with one attached hydrogen (secondary N) is 1. The van der Waals surface area contributed by atoms with Gasteiger partial charge in [0.1, 0.15) is 0 Å². The molecule has 0 unspecified atom stereocenters. The molecule has 0 aliphatic rings. The number of aromatic nitrogens is 2. The van der Waals surface area contributed by atoms with E-state index in [1.807, 2.05) is 37.3 Å². The molecule has 0 radical (unpaired) electrons. The summed E-state index contributed by atoms with van der Waals surface area (Å²) in [7, 11) is 0. The molecule has 0 spiro atoms. The average Bonchev–Trinajstić information content (AvgIpc) is 2.79. The Morgan fingerprint density at radius 1 is 1.00 bits per heavy atom. The van der Waals surface area contributed by atoms with E-state index in [1.54, 1.807) is 42.5 Å². The number of hydrogen-bond acceptors (Lipinski definition) is 5. The summed E-state index contributed by atoms with van der Waals surface area (Å²) in [6.45, 7) is 3.46. The Kier molecular flexibility index (Phi) is 6.18. The Labute approximate surface area is 189 Å². The zero-order valence-electron chi connectivity index (χ0n) is 17.7. The molecule has 0 fully saturated rings. The van der Waals surface area contributed by atoms with Gasteiger partial charge >= 0.3 is 0 Å². The van der Waals surface area contributed by atoms with Gasteiger partial charge in [0.05, 0.1) is 22.3 Å². The molecule has 0 saturated carbocycles. The molecule has 0 atom stereocenters. The fourth-order valence-electron chi connectivity index (χ4n) is 3.27. The normalized spacial score (nSPS) is 10.8. The van der Waals surface area contributed by atoms with Crippen molar-refractivity contribution in [2.45, 2.75) is 19.0 Å². The molecule has 0 aliphatic heterocycles. The first-order valence-corrected chi connectivity index (χ1v) is 11.0. The van der Waals surface area contributed by atoms with Crippen molar-refractivity contribution < 1.29 is 9.59 Å². The number of hydrogen-bond donors (Lipinski definition) is 1. The van der Waals surface area contributed by atoms with Crippen LogP contribution < -0.4 is 10.9 Å². The lowest BCUT2D eigenvalue weighted by Crippen LogP contribution is -2.23. The summed E-state index contributed by atoms with van der Waals surface area (Å²) in [4.78, 5) is 42.0. The van der Waals surface area contributed by atoms with E-state index < -0.39 is 0 Å². The van der Waals surface area contributed by atoms with Gasteiger partial charge in [-0.15, -0.1) is 0 Å². The largest absolute Gasteiger partial charge is 0.325 e. The molecular weight excluding hydrogens is 422 g/mol. The predicted molar refractivity (Wildman–Crippen MR) is 128 cm³/mol. The van der Waals surface area contributed by atoms with Crippen molar-refractivity contribution in [1.29, 1.82) is 0 Å². The molecule has 1 aromatic heterocycles. The van der Waals surface area contributed by atoms with E-state index >= 15 is 0 Å². The van der Waals surface area contributed by atoms with Crippen molar-refractivity contribution in [2.24, 2.45) is 0 Å². The lowest BCUT2D eigenvalue weighted by Gasteiger charge is -2.13. The molecule has 0 bridgehead atoms. The predicted octanol–water partition coefficient (Wildman–Crippen LogP) is 4.63. The van der Waals surface area contributed by atoms with E-state index in [9.17, 15) is 14.4 Å². The highest BCUT2D eigenvalue weighted by atomic mass is 32.2. The molecule has 1 amide bonds. The lowest BCUT2D eigenvalue weighted by atomic mass is 10.1. The topological polar surface area (TPSA) is 81.1 Å². The second-order valence-corrected chi connectivity index (χ2v) is 8.30. The van der Waals surface area contributed by atoms with E-state index in [2.05, 4.69) is 10.3 Å². The van der Waals surface area contributed by atoms with Crippen LogP contribution in [0.4, 0.5) is 5.69 Å². The number of thioether (sulfide) groups is 1. The minimum atomic E-state index is -0.256. The Balaban J connectivity index is 1.63. The molecule has 1 N–H and O–H groups in total. The summed E-state index contributed by atoms with van der Waals surface area (Å²) >= 11 is 1.19. The summed E-state index contributed by atoms with van der Waals surface area (Å²) < 4.78 is 1.54. The summed E-state index contributed by atoms with van der Waals surface area (Å²) in [6.07, 6.45) is 0. The first kappa shape index (κ1) is 21.5. The van der Waals surface area contributed by atoms with Gasteiger partial charge in [-0.1, -0.05) is 53.7 Å². The minimum absolute atomic E-state index is 0.0565. The maximum atomic E-state index is 13.2. The third-order valence-corrected chi connectivity index (χ3v) is 5.86. The van der Waals surface area contributed by atoms with Gasteiger partial charge in [-0.2, -0.15) is 0 Å². The fraction of sp³-hybridized carbons (Fsp3) is 0.120. The standard InChI is InChI=1S/C25H21N3O3S/c1-16-10-12-20(13-11-16)28-24(31)21-8-3-4-9-22(21)27-25(28)32-15-23(30)26-19-7-5-6-18(14-19)17(2)29/h3-14H,15H2,1-2H3,(H,26,30). The van der Waals surface area contributed by atoms with Crippen LogP contribution in [0.15, 0.2) is 82.7 Å². The van der Waals surface area contributed by atoms with Gasteiger partial charge in [0.2, 0.25) is 5.91 Å². The van der Waals surface area contributed by atoms with Crippen LogP contribution in [0.3, 0.4) is 0 Å². The Morgan fingerprint density at radius 3 is 2.50 bits per heavy atom. The first-order valence-electron chi connectivity index (χ1n) is 10.0. The quantitative estimate of drug-likeness (QED) is 0.267. The van der Waals surface area contributed by atoms with E-state index in [0.717, 1.165) is 5.56 Å². The molecule has 4 aromatic rings. The SMILES string of the molecule is CC(=O)c1cccc(NC(=O)CSc2nc3ccccc3c(=O)n2-c2ccc(C)cc2)c1. The molecule has 3 aromatic carbocycles. The van der Waals surface area contributed by atoms with E-state index in [4.69, 9.17) is 0 Å². The van der Waals surface area contributed by atoms with Crippen molar-refractivity contribution in [3.05, 3.63) is 94.3 Å². The van der Waals surface area contributed by atoms with Crippen LogP contribution in [0.5, 0.6) is 0 Å². The number of amides is 1. The van der Waals surface area contributed by atoms with Crippen LogP contribution in [0.25, 0.3) is 16.6 Å². The molecule has 160 valence electrons. The molecule has 32 heavy (non-hydrogen) atoms. The monoisotopic (exact) mass is 443 g/mol. The van der Waals surface area contributed by atoms with Gasteiger partial charge in [0.25, 0.3) is 5.56 Å². The van der Waals surface area contributed by atoms with Gasteiger partial charge in [-0.25, -0.2) is 4.98 Å². The van der Waals surface area contributed by atoms with Gasteiger partial charge < -0.3 is 5.32 Å². The van der Waals surface area contributed by atoms with Crippen LogP contribution in [0, 0.1) is 6.92 Å². The van der Waals surface area contributed by atoms with Crippen molar-refractivity contribution in [2.75, 3.05) is 11.1 Å². The van der Waals surface area contributed by atoms with Gasteiger partial charge in [-0.05, 0) is 50.2 Å². The number of aryl methyl sites for hydroxylation is 1. The molecule has 1 heterocycles. The number of para-hydroxylation sites is 1. The number of Topliss-reactive ketones (excluding diaryl/α,β-unsaturated/α-hetero) is 1. The summed E-state index contributed by atoms with van der Waals surface area (Å²) in [5.74, 6) is -0.271. The van der Waals surface area contributed by atoms with Crippen molar-refractivity contribution >= 4 is 40.0 Å². The number of nitrogens with zero attached hydrogens (tertiary/aromatic N) is 2. The number of benzene rings is 3. The maximum absolute atomic E-state index is 13.2. The van der Waals surface area contributed by atoms with Crippen LogP contribution in [0.2, 0.25) is 0 Å². The summed E-state index contributed by atoms with van der Waals surface area (Å²) in [5, 5.41) is 3.75. The lowest BCUT2D eigenvalue weighted by molar-refractivity contribution is -0.113. The number of carbonyl (C=O) groups excluding carboxylic acids is 2. The van der Waals surface area contributed by atoms with E-state index in [0.29, 0.717) is 33.0 Å². The second-order valence-electron chi connectivity index (χ2n) is 7.36. The smallest absolute Gasteiger partial charge is 0.266 e. The fourth-order valence-corrected chi connectivity index (χ4v) is 4.09. The van der Waals surface area contributed by atoms with Crippen LogP contribution >= 0.6 is 11.8 Å². The second kappa shape index (κ2) is 9.20. The van der Waals surface area contributed by atoms with Crippen LogP contribution in [0.1, 0.15) is 22.8 Å². The van der Waals surface area contributed by atoms with Crippen molar-refractivity contribution in [3.63, 3.8) is 0 Å². The van der Waals surface area contributed by atoms with E-state index in [-0.39, 0.29) is 23.0 Å². The number of carbonyl (C=O) groups is 2. The first-order chi connectivity index (χ1) is 15.4. The van der Waals surface area contributed by atoms with Crippen molar-refractivity contribution in [3.8, 4) is 5.69 Å². The highest BCUT2D eigenvalue weighted by molar-refractivity contribution is 7.99. The Hall–Kier alpha value is -3.71. The zero-order valence-corrected chi connectivity index (χ0v) is 18.5. The molecule has 4 rings (SSSR count). The Morgan fingerprint density at radius 2 is 1.75 bits per heavy atom. The van der Waals surface area contributed by atoms with E-state index in [1.165, 1.54) is 23.3 Å². The van der Waals surface area contributed by atoms with Crippen LogP contribution in [-0.2, 0) is 4.79 Å². The summed E-state index contributed by atoms with van der Waals surface area (Å²) in [6, 6.07) is 21.5. The average molecular weight is 444 g/mol. The number of rotatable bonds is 6. The molecule has 0 aliphatic carbocycles. The highest BCUT2D eigenvalue weighted by Crippen LogP contribution is 2.22. The minimum Gasteiger partial charge on any atom is -0.325 e. The van der Waals surface area contributed by atoms with Crippen LogP contribution in [-0.4, -0.2) is 27.0 Å². The molecule has 6 nitrogen and oxygen atoms in total. The van der Waals surface area contributed by atoms with Crippen molar-refractivity contribution in [1.82, 2.24) is 9.55 Å². The molecule has 0 saturated heterocycles. The number of anilines is 1. The number of fused-ring (bicyclic) bond motifs is 1. The van der Waals surface area contributed by atoms with Gasteiger partial charge in [0.15, 0.2) is 10.9 Å². The molecule has 7 heteroatoms. The van der Waals surface area contributed by atoms with Gasteiger partial charge in [0, 0.05) is 11.3 Å². The van der Waals surface area contributed by atoms with Gasteiger partial charge in [-0.3, -0.25) is 19.0 Å².